The average molecular weight is 498 g/mol. The number of para-hydroxylation sites is 1. The molecule has 2 fully saturated rings. The molecule has 1 heterocycles. The van der Waals surface area contributed by atoms with E-state index in [0.29, 0.717) is 11.3 Å². The maximum atomic E-state index is 13.6. The lowest BCUT2D eigenvalue weighted by Crippen LogP contribution is -2.43. The summed E-state index contributed by atoms with van der Waals surface area (Å²) >= 11 is 0. The fourth-order valence-electron chi connectivity index (χ4n) is 5.15. The molecule has 0 aromatic heterocycles. The maximum Gasteiger partial charge on any atom is 0.123 e. The summed E-state index contributed by atoms with van der Waals surface area (Å²) in [6, 6.07) is 20.6. The van der Waals surface area contributed by atoms with Gasteiger partial charge in [0.15, 0.2) is 0 Å². The topological polar surface area (TPSA) is 39.6 Å². The normalized spacial score (nSPS) is 15.9. The third kappa shape index (κ3) is 5.87. The molecule has 1 aliphatic carbocycles. The van der Waals surface area contributed by atoms with E-state index in [1.165, 1.54) is 36.2 Å². The molecule has 1 N–H and O–H groups in total. The van der Waals surface area contributed by atoms with Gasteiger partial charge in [-0.25, -0.2) is 4.39 Å². The van der Waals surface area contributed by atoms with Crippen molar-refractivity contribution >= 4 is 11.4 Å². The van der Waals surface area contributed by atoms with Crippen molar-refractivity contribution in [2.24, 2.45) is 5.92 Å². The fraction of sp³-hybridized carbons (Fsp3) is 0.344. The smallest absolute Gasteiger partial charge is 0.123 e. The molecule has 4 nitrogen and oxygen atoms in total. The molecule has 0 unspecified atom stereocenters. The summed E-state index contributed by atoms with van der Waals surface area (Å²) in [5, 5.41) is 8.52. The number of likely N-dealkylation sites (tertiary alicyclic amines) is 1. The third-order valence-corrected chi connectivity index (χ3v) is 7.55. The summed E-state index contributed by atoms with van der Waals surface area (Å²) in [6.45, 7) is 11.5. The minimum atomic E-state index is -0.330. The molecule has 0 atom stereocenters. The van der Waals surface area contributed by atoms with Crippen LogP contribution in [0, 0.1) is 31.0 Å². The zero-order valence-electron chi connectivity index (χ0n) is 21.8. The predicted octanol–water partition coefficient (Wildman–Crippen LogP) is 7.09. The van der Waals surface area contributed by atoms with Gasteiger partial charge in [-0.05, 0) is 80.1 Å². The Kier molecular flexibility index (Phi) is 7.31. The van der Waals surface area contributed by atoms with E-state index in [1.807, 2.05) is 25.1 Å². The molecular formula is C32H36FN3O. The van der Waals surface area contributed by atoms with E-state index in [9.17, 15) is 4.39 Å². The maximum absolute atomic E-state index is 13.6. The lowest BCUT2D eigenvalue weighted by atomic mass is 9.98. The number of piperidine rings is 1. The number of halogens is 1. The molecular weight excluding hydrogens is 461 g/mol. The summed E-state index contributed by atoms with van der Waals surface area (Å²) < 4.78 is 20.0. The molecule has 1 saturated heterocycles. The first kappa shape index (κ1) is 25.1. The van der Waals surface area contributed by atoms with Crippen LogP contribution < -0.4 is 9.64 Å². The average Bonchev–Trinajstić information content (AvgIpc) is 3.72. The molecule has 0 spiro atoms. The van der Waals surface area contributed by atoms with Crippen molar-refractivity contribution in [3.63, 3.8) is 0 Å². The highest BCUT2D eigenvalue weighted by atomic mass is 19.1. The largest absolute Gasteiger partial charge is 0.490 e. The van der Waals surface area contributed by atoms with Gasteiger partial charge in [0.05, 0.1) is 5.71 Å². The van der Waals surface area contributed by atoms with Gasteiger partial charge >= 0.3 is 0 Å². The van der Waals surface area contributed by atoms with Gasteiger partial charge in [-0.2, -0.15) is 0 Å². The Bertz CT molecular complexity index is 1290. The van der Waals surface area contributed by atoms with Crippen LogP contribution in [0.3, 0.4) is 0 Å². The van der Waals surface area contributed by atoms with Gasteiger partial charge in [0.25, 0.3) is 0 Å². The number of nitrogens with zero attached hydrogens (tertiary/aromatic N) is 2. The van der Waals surface area contributed by atoms with Crippen LogP contribution in [0.4, 0.5) is 10.1 Å². The molecule has 0 bridgehead atoms. The SMILES string of the molecule is C=C(N1CCC(Oc2ccc(C(=N)c3cccc(F)c3)c(C)c2)CC1)N(CC1CC1)c1ccccc1C. The fourth-order valence-corrected chi connectivity index (χ4v) is 5.15. The Balaban J connectivity index is 1.20. The predicted molar refractivity (Wildman–Crippen MR) is 149 cm³/mol. The van der Waals surface area contributed by atoms with E-state index in [4.69, 9.17) is 10.1 Å². The summed E-state index contributed by atoms with van der Waals surface area (Å²) in [5.41, 5.74) is 5.18. The number of rotatable bonds is 9. The van der Waals surface area contributed by atoms with Crippen molar-refractivity contribution in [1.29, 1.82) is 5.41 Å². The van der Waals surface area contributed by atoms with Gasteiger partial charge in [-0.15, -0.1) is 0 Å². The Labute approximate surface area is 219 Å². The molecule has 1 aliphatic heterocycles. The first-order valence-electron chi connectivity index (χ1n) is 13.3. The van der Waals surface area contributed by atoms with Crippen molar-refractivity contribution in [2.75, 3.05) is 24.5 Å². The van der Waals surface area contributed by atoms with E-state index in [1.54, 1.807) is 12.1 Å². The van der Waals surface area contributed by atoms with Crippen LogP contribution in [0.15, 0.2) is 79.1 Å². The second kappa shape index (κ2) is 10.8. The van der Waals surface area contributed by atoms with Gasteiger partial charge in [-0.3, -0.25) is 5.41 Å². The number of ether oxygens (including phenoxy) is 1. The number of aryl methyl sites for hydroxylation is 2. The second-order valence-corrected chi connectivity index (χ2v) is 10.4. The first-order chi connectivity index (χ1) is 17.9. The van der Waals surface area contributed by atoms with E-state index >= 15 is 0 Å². The van der Waals surface area contributed by atoms with Gasteiger partial charge in [0.2, 0.25) is 0 Å². The Morgan fingerprint density at radius 3 is 2.41 bits per heavy atom. The Hall–Kier alpha value is -3.60. The molecule has 0 amide bonds. The molecule has 3 aromatic rings. The first-order valence-corrected chi connectivity index (χ1v) is 13.3. The van der Waals surface area contributed by atoms with Gasteiger partial charge < -0.3 is 14.5 Å². The minimum Gasteiger partial charge on any atom is -0.490 e. The highest BCUT2D eigenvalue weighted by Crippen LogP contribution is 2.35. The molecule has 1 saturated carbocycles. The van der Waals surface area contributed by atoms with Crippen LogP contribution >= 0.6 is 0 Å². The molecule has 5 heteroatoms. The summed E-state index contributed by atoms with van der Waals surface area (Å²) in [6.07, 6.45) is 4.64. The van der Waals surface area contributed by atoms with Crippen LogP contribution in [-0.2, 0) is 0 Å². The quantitative estimate of drug-likeness (QED) is 0.321. The highest BCUT2D eigenvalue weighted by Gasteiger charge is 2.30. The van der Waals surface area contributed by atoms with Crippen molar-refractivity contribution in [3.8, 4) is 5.75 Å². The highest BCUT2D eigenvalue weighted by molar-refractivity contribution is 6.11. The third-order valence-electron chi connectivity index (χ3n) is 7.55. The van der Waals surface area contributed by atoms with Crippen LogP contribution in [0.1, 0.15) is 47.9 Å². The minimum absolute atomic E-state index is 0.146. The Morgan fingerprint density at radius 2 is 1.73 bits per heavy atom. The van der Waals surface area contributed by atoms with Gasteiger partial charge in [0, 0.05) is 49.3 Å². The van der Waals surface area contributed by atoms with E-state index < -0.39 is 0 Å². The van der Waals surface area contributed by atoms with Crippen LogP contribution in [-0.4, -0.2) is 36.3 Å². The van der Waals surface area contributed by atoms with Gasteiger partial charge in [-0.1, -0.05) is 36.9 Å². The number of anilines is 1. The molecule has 37 heavy (non-hydrogen) atoms. The van der Waals surface area contributed by atoms with Crippen molar-refractivity contribution in [2.45, 2.75) is 45.6 Å². The summed E-state index contributed by atoms with van der Waals surface area (Å²) in [7, 11) is 0. The van der Waals surface area contributed by atoms with E-state index in [-0.39, 0.29) is 11.9 Å². The number of nitrogens with one attached hydrogen (secondary N) is 1. The van der Waals surface area contributed by atoms with Crippen LogP contribution in [0.2, 0.25) is 0 Å². The molecule has 0 radical (unpaired) electrons. The molecule has 192 valence electrons. The lowest BCUT2D eigenvalue weighted by Gasteiger charge is -2.40. The van der Waals surface area contributed by atoms with Crippen molar-refractivity contribution in [3.05, 3.63) is 107 Å². The zero-order valence-corrected chi connectivity index (χ0v) is 21.8. The lowest BCUT2D eigenvalue weighted by molar-refractivity contribution is 0.116. The summed E-state index contributed by atoms with van der Waals surface area (Å²) in [5.74, 6) is 2.35. The second-order valence-electron chi connectivity index (χ2n) is 10.4. The zero-order chi connectivity index (χ0) is 25.9. The van der Waals surface area contributed by atoms with Crippen LogP contribution in [0.25, 0.3) is 0 Å². The van der Waals surface area contributed by atoms with Gasteiger partial charge in [0.1, 0.15) is 23.5 Å². The van der Waals surface area contributed by atoms with E-state index in [2.05, 4.69) is 47.6 Å². The van der Waals surface area contributed by atoms with Crippen LogP contribution in [0.5, 0.6) is 5.75 Å². The number of benzene rings is 3. The molecule has 5 rings (SSSR count). The van der Waals surface area contributed by atoms with Crippen molar-refractivity contribution < 1.29 is 9.13 Å². The Morgan fingerprint density at radius 1 is 0.973 bits per heavy atom. The van der Waals surface area contributed by atoms with E-state index in [0.717, 1.165) is 61.1 Å². The molecule has 3 aromatic carbocycles. The standard InChI is InChI=1S/C32H36FN3O/c1-22-7-4-5-10-31(22)36(21-25-11-12-25)24(3)35-17-15-28(16-18-35)37-29-13-14-30(23(2)19-29)32(34)26-8-6-9-27(33)20-26/h4-10,13-14,19-20,25,28,34H,3,11-12,15-18,21H2,1-2H3. The summed E-state index contributed by atoms with van der Waals surface area (Å²) in [4.78, 5) is 4.83. The van der Waals surface area contributed by atoms with Crippen molar-refractivity contribution in [1.82, 2.24) is 4.90 Å². The monoisotopic (exact) mass is 497 g/mol. The number of hydrogen-bond acceptors (Lipinski definition) is 4. The number of hydrogen-bond donors (Lipinski definition) is 1. The molecule has 2 aliphatic rings.